The molecule has 1 unspecified atom stereocenters. The standard InChI is InChI=1S/C11H17N5S/c1-4-7(3)17-10-8-9(14-6-13-8)15-11(16-10)12-5-2/h6-7H,4-5H2,1-3H3,(H2,12,13,14,15,16). The zero-order chi connectivity index (χ0) is 12.3. The summed E-state index contributed by atoms with van der Waals surface area (Å²) in [6, 6.07) is 0. The molecule has 0 saturated heterocycles. The van der Waals surface area contributed by atoms with Gasteiger partial charge in [-0.2, -0.15) is 4.98 Å². The van der Waals surface area contributed by atoms with Crippen LogP contribution < -0.4 is 5.32 Å². The highest BCUT2D eigenvalue weighted by Crippen LogP contribution is 2.28. The Bertz CT molecular complexity index is 496. The summed E-state index contributed by atoms with van der Waals surface area (Å²) >= 11 is 1.76. The maximum absolute atomic E-state index is 4.52. The van der Waals surface area contributed by atoms with Crippen LogP contribution in [-0.4, -0.2) is 31.7 Å². The monoisotopic (exact) mass is 251 g/mol. The summed E-state index contributed by atoms with van der Waals surface area (Å²) in [7, 11) is 0. The minimum absolute atomic E-state index is 0.533. The highest BCUT2D eigenvalue weighted by molar-refractivity contribution is 8.00. The molecule has 2 rings (SSSR count). The number of anilines is 1. The van der Waals surface area contributed by atoms with Crippen molar-refractivity contribution >= 4 is 28.9 Å². The van der Waals surface area contributed by atoms with Gasteiger partial charge in [-0.3, -0.25) is 0 Å². The fourth-order valence-corrected chi connectivity index (χ4v) is 2.36. The van der Waals surface area contributed by atoms with E-state index in [9.17, 15) is 0 Å². The van der Waals surface area contributed by atoms with Gasteiger partial charge in [-0.05, 0) is 13.3 Å². The maximum atomic E-state index is 4.52. The molecule has 0 spiro atoms. The average Bonchev–Trinajstić information content (AvgIpc) is 2.77. The molecule has 0 aliphatic carbocycles. The zero-order valence-electron chi connectivity index (χ0n) is 10.3. The third kappa shape index (κ3) is 2.69. The smallest absolute Gasteiger partial charge is 0.225 e. The molecule has 1 atom stereocenters. The third-order valence-corrected chi connectivity index (χ3v) is 3.73. The molecule has 0 aliphatic heterocycles. The van der Waals surface area contributed by atoms with Gasteiger partial charge in [0.15, 0.2) is 5.65 Å². The SMILES string of the molecule is CCNc1nc(SC(C)CC)c2[nH]cnc2n1. The Morgan fingerprint density at radius 1 is 1.41 bits per heavy atom. The average molecular weight is 251 g/mol. The zero-order valence-corrected chi connectivity index (χ0v) is 11.1. The van der Waals surface area contributed by atoms with Gasteiger partial charge in [0.2, 0.25) is 5.95 Å². The second-order valence-electron chi connectivity index (χ2n) is 3.82. The molecule has 92 valence electrons. The maximum Gasteiger partial charge on any atom is 0.225 e. The minimum atomic E-state index is 0.533. The van der Waals surface area contributed by atoms with Crippen LogP contribution in [0.15, 0.2) is 11.4 Å². The van der Waals surface area contributed by atoms with E-state index in [-0.39, 0.29) is 0 Å². The summed E-state index contributed by atoms with van der Waals surface area (Å²) in [5.74, 6) is 0.651. The molecule has 2 aromatic heterocycles. The molecule has 0 bridgehead atoms. The van der Waals surface area contributed by atoms with Crippen molar-refractivity contribution in [1.82, 2.24) is 19.9 Å². The summed E-state index contributed by atoms with van der Waals surface area (Å²) in [6.45, 7) is 7.21. The number of thioether (sulfide) groups is 1. The normalized spacial score (nSPS) is 12.9. The van der Waals surface area contributed by atoms with Gasteiger partial charge in [-0.15, -0.1) is 11.8 Å². The van der Waals surface area contributed by atoms with E-state index in [1.165, 1.54) is 0 Å². The predicted molar refractivity (Wildman–Crippen MR) is 71.5 cm³/mol. The number of hydrogen-bond donors (Lipinski definition) is 2. The molecular formula is C11H17N5S. The number of fused-ring (bicyclic) bond motifs is 1. The lowest BCUT2D eigenvalue weighted by molar-refractivity contribution is 0.901. The number of imidazole rings is 1. The quantitative estimate of drug-likeness (QED) is 0.631. The van der Waals surface area contributed by atoms with E-state index < -0.39 is 0 Å². The van der Waals surface area contributed by atoms with Crippen molar-refractivity contribution in [2.45, 2.75) is 37.5 Å². The second kappa shape index (κ2) is 5.35. The van der Waals surface area contributed by atoms with Gasteiger partial charge in [0, 0.05) is 11.8 Å². The van der Waals surface area contributed by atoms with E-state index >= 15 is 0 Å². The van der Waals surface area contributed by atoms with Gasteiger partial charge < -0.3 is 10.3 Å². The van der Waals surface area contributed by atoms with Crippen LogP contribution in [0.2, 0.25) is 0 Å². The topological polar surface area (TPSA) is 66.5 Å². The first-order valence-corrected chi connectivity index (χ1v) is 6.74. The van der Waals surface area contributed by atoms with Crippen molar-refractivity contribution in [3.05, 3.63) is 6.33 Å². The van der Waals surface area contributed by atoms with E-state index in [2.05, 4.69) is 39.1 Å². The van der Waals surface area contributed by atoms with Crippen molar-refractivity contribution in [3.8, 4) is 0 Å². The van der Waals surface area contributed by atoms with E-state index in [1.807, 2.05) is 6.92 Å². The van der Waals surface area contributed by atoms with Crippen LogP contribution in [0, 0.1) is 0 Å². The van der Waals surface area contributed by atoms with Crippen molar-refractivity contribution < 1.29 is 0 Å². The molecule has 0 fully saturated rings. The van der Waals surface area contributed by atoms with Gasteiger partial charge in [0.25, 0.3) is 0 Å². The Morgan fingerprint density at radius 3 is 2.94 bits per heavy atom. The van der Waals surface area contributed by atoms with Crippen molar-refractivity contribution in [2.75, 3.05) is 11.9 Å². The van der Waals surface area contributed by atoms with E-state index in [0.717, 1.165) is 29.2 Å². The fourth-order valence-electron chi connectivity index (χ4n) is 1.40. The first-order valence-electron chi connectivity index (χ1n) is 5.86. The largest absolute Gasteiger partial charge is 0.354 e. The van der Waals surface area contributed by atoms with Crippen LogP contribution in [0.5, 0.6) is 0 Å². The summed E-state index contributed by atoms with van der Waals surface area (Å²) in [6.07, 6.45) is 2.77. The number of aromatic nitrogens is 4. The van der Waals surface area contributed by atoms with Crippen LogP contribution in [0.3, 0.4) is 0 Å². The summed E-state index contributed by atoms with van der Waals surface area (Å²) in [4.78, 5) is 16.2. The van der Waals surface area contributed by atoms with Gasteiger partial charge in [-0.1, -0.05) is 13.8 Å². The van der Waals surface area contributed by atoms with Crippen LogP contribution in [0.4, 0.5) is 5.95 Å². The summed E-state index contributed by atoms with van der Waals surface area (Å²) in [5, 5.41) is 4.64. The number of aromatic amines is 1. The van der Waals surface area contributed by atoms with Crippen molar-refractivity contribution in [1.29, 1.82) is 0 Å². The molecule has 6 heteroatoms. The summed E-state index contributed by atoms with van der Waals surface area (Å²) < 4.78 is 0. The Hall–Kier alpha value is -1.30. The lowest BCUT2D eigenvalue weighted by Crippen LogP contribution is -2.04. The predicted octanol–water partition coefficient (Wildman–Crippen LogP) is 2.68. The third-order valence-electron chi connectivity index (χ3n) is 2.48. The molecule has 0 radical (unpaired) electrons. The van der Waals surface area contributed by atoms with E-state index in [4.69, 9.17) is 0 Å². The van der Waals surface area contributed by atoms with Crippen LogP contribution in [0.1, 0.15) is 27.2 Å². The highest BCUT2D eigenvalue weighted by atomic mass is 32.2. The van der Waals surface area contributed by atoms with Crippen LogP contribution in [-0.2, 0) is 0 Å². The molecule has 5 nitrogen and oxygen atoms in total. The molecule has 0 saturated carbocycles. The van der Waals surface area contributed by atoms with Gasteiger partial charge in [0.05, 0.1) is 6.33 Å². The van der Waals surface area contributed by atoms with Gasteiger partial charge >= 0.3 is 0 Å². The van der Waals surface area contributed by atoms with Gasteiger partial charge in [0.1, 0.15) is 10.5 Å². The highest BCUT2D eigenvalue weighted by Gasteiger charge is 2.12. The number of H-pyrrole nitrogens is 1. The van der Waals surface area contributed by atoms with E-state index in [1.54, 1.807) is 18.1 Å². The lowest BCUT2D eigenvalue weighted by Gasteiger charge is -2.09. The second-order valence-corrected chi connectivity index (χ2v) is 5.25. The fraction of sp³-hybridized carbons (Fsp3) is 0.545. The molecule has 17 heavy (non-hydrogen) atoms. The Labute approximate surface area is 105 Å². The van der Waals surface area contributed by atoms with Crippen LogP contribution in [0.25, 0.3) is 11.2 Å². The molecule has 0 amide bonds. The summed E-state index contributed by atoms with van der Waals surface area (Å²) in [5.41, 5.74) is 1.65. The minimum Gasteiger partial charge on any atom is -0.354 e. The lowest BCUT2D eigenvalue weighted by atomic mass is 10.4. The number of hydrogen-bond acceptors (Lipinski definition) is 5. The van der Waals surface area contributed by atoms with E-state index in [0.29, 0.717) is 11.2 Å². The number of rotatable bonds is 5. The first-order chi connectivity index (χ1) is 8.24. The first kappa shape index (κ1) is 12.2. The molecule has 2 aromatic rings. The Balaban J connectivity index is 2.39. The van der Waals surface area contributed by atoms with Crippen molar-refractivity contribution in [3.63, 3.8) is 0 Å². The Morgan fingerprint density at radius 2 is 2.24 bits per heavy atom. The number of nitrogens with one attached hydrogen (secondary N) is 2. The Kier molecular flexibility index (Phi) is 3.83. The molecule has 2 N–H and O–H groups in total. The number of nitrogens with zero attached hydrogens (tertiary/aromatic N) is 3. The van der Waals surface area contributed by atoms with Gasteiger partial charge in [-0.25, -0.2) is 9.97 Å². The molecule has 2 heterocycles. The molecular weight excluding hydrogens is 234 g/mol. The molecule has 0 aliphatic rings. The molecule has 0 aromatic carbocycles. The van der Waals surface area contributed by atoms with Crippen molar-refractivity contribution in [2.24, 2.45) is 0 Å². The van der Waals surface area contributed by atoms with Crippen LogP contribution >= 0.6 is 11.8 Å².